The van der Waals surface area contributed by atoms with Gasteiger partial charge in [0.25, 0.3) is 0 Å². The molecule has 170 valence electrons. The average molecular weight is 452 g/mol. The van der Waals surface area contributed by atoms with Crippen molar-refractivity contribution < 1.29 is 14.0 Å². The molecule has 5 heterocycles. The molecule has 3 atom stereocenters. The number of aryl methyl sites for hydroxylation is 1. The molecule has 0 radical (unpaired) electrons. The van der Waals surface area contributed by atoms with Gasteiger partial charge in [-0.05, 0) is 36.6 Å². The minimum Gasteiger partial charge on any atom is -0.467 e. The summed E-state index contributed by atoms with van der Waals surface area (Å²) >= 11 is 0. The first-order valence-electron chi connectivity index (χ1n) is 12.0. The van der Waals surface area contributed by atoms with Gasteiger partial charge in [-0.3, -0.25) is 14.5 Å². The number of benzene rings is 2. The van der Waals surface area contributed by atoms with Crippen LogP contribution in [0.3, 0.4) is 0 Å². The van der Waals surface area contributed by atoms with Crippen molar-refractivity contribution in [3.8, 4) is 0 Å². The number of fused-ring (bicyclic) bond motifs is 5. The van der Waals surface area contributed by atoms with Gasteiger partial charge in [0.1, 0.15) is 5.76 Å². The molecule has 2 saturated heterocycles. The molecule has 0 bridgehead atoms. The van der Waals surface area contributed by atoms with Crippen molar-refractivity contribution in [3.63, 3.8) is 0 Å². The minimum atomic E-state index is -1.04. The fraction of sp³-hybridized carbons (Fsp3) is 0.286. The molecule has 2 aromatic carbocycles. The van der Waals surface area contributed by atoms with Gasteiger partial charge in [-0.2, -0.15) is 0 Å². The first-order valence-corrected chi connectivity index (χ1v) is 12.0. The number of ketones is 1. The van der Waals surface area contributed by atoms with Crippen molar-refractivity contribution in [2.75, 3.05) is 13.1 Å². The highest BCUT2D eigenvalue weighted by atomic mass is 16.3. The van der Waals surface area contributed by atoms with Gasteiger partial charge >= 0.3 is 0 Å². The second kappa shape index (κ2) is 7.18. The third-order valence-electron chi connectivity index (χ3n) is 7.88. The molecule has 6 nitrogen and oxygen atoms in total. The summed E-state index contributed by atoms with van der Waals surface area (Å²) in [5.41, 5.74) is 3.26. The number of carbonyl (C=O) groups is 2. The van der Waals surface area contributed by atoms with Crippen LogP contribution >= 0.6 is 0 Å². The lowest BCUT2D eigenvalue weighted by atomic mass is 9.84. The van der Waals surface area contributed by atoms with Crippen LogP contribution in [0.1, 0.15) is 41.5 Å². The highest BCUT2D eigenvalue weighted by Crippen LogP contribution is 2.59. The zero-order chi connectivity index (χ0) is 22.9. The van der Waals surface area contributed by atoms with E-state index in [9.17, 15) is 9.59 Å². The van der Waals surface area contributed by atoms with Crippen molar-refractivity contribution in [2.24, 2.45) is 0 Å². The van der Waals surface area contributed by atoms with Crippen LogP contribution in [0.4, 0.5) is 0 Å². The van der Waals surface area contributed by atoms with Gasteiger partial charge in [-0.25, -0.2) is 0 Å². The lowest BCUT2D eigenvalue weighted by Crippen LogP contribution is -2.58. The monoisotopic (exact) mass is 451 g/mol. The Morgan fingerprint density at radius 1 is 0.971 bits per heavy atom. The highest BCUT2D eigenvalue weighted by molar-refractivity contribution is 6.06. The Morgan fingerprint density at radius 3 is 2.62 bits per heavy atom. The molecule has 34 heavy (non-hydrogen) atoms. The number of nitrogens with zero attached hydrogens (tertiary/aromatic N) is 2. The summed E-state index contributed by atoms with van der Waals surface area (Å²) in [5, 5.41) is 1.03. The Kier molecular flexibility index (Phi) is 4.18. The largest absolute Gasteiger partial charge is 0.467 e. The standard InChI is InChI=1S/C28H25N3O3/c32-23-16-21-27(33)30(14-6-10-18-8-2-1-3-9-18)17-22-26-25(19-11-4-5-12-20(19)29-26)28(23,31(21)22)24-13-7-15-34-24/h1-5,7-9,11-13,15,21-22,29H,6,10,14,16-17H2/t21-,22-,28?/m0/s1. The summed E-state index contributed by atoms with van der Waals surface area (Å²) in [7, 11) is 0. The fourth-order valence-corrected chi connectivity index (χ4v) is 6.55. The van der Waals surface area contributed by atoms with E-state index >= 15 is 0 Å². The molecule has 3 aliphatic heterocycles. The van der Waals surface area contributed by atoms with Crippen LogP contribution in [0, 0.1) is 0 Å². The molecular formula is C28H25N3O3. The van der Waals surface area contributed by atoms with Crippen LogP contribution in [0.2, 0.25) is 0 Å². The van der Waals surface area contributed by atoms with Crippen LogP contribution in [0.5, 0.6) is 0 Å². The van der Waals surface area contributed by atoms with Crippen LogP contribution in [-0.4, -0.2) is 45.6 Å². The first-order chi connectivity index (χ1) is 16.7. The molecular weight excluding hydrogens is 426 g/mol. The van der Waals surface area contributed by atoms with Crippen molar-refractivity contribution in [2.45, 2.75) is 36.9 Å². The van der Waals surface area contributed by atoms with E-state index in [-0.39, 0.29) is 24.2 Å². The predicted molar refractivity (Wildman–Crippen MR) is 127 cm³/mol. The SMILES string of the molecule is O=C1[C@@H]2CC(=O)C3(c4ccco4)c4c([nH]c5ccccc45)[C@H](CN1CCCc1ccccc1)N23. The smallest absolute Gasteiger partial charge is 0.240 e. The average Bonchev–Trinajstić information content (AvgIpc) is 3.61. The number of Topliss-reactive ketones (excluding diaryl/α,β-unsaturated/α-hetero) is 1. The maximum atomic E-state index is 13.9. The molecule has 1 amide bonds. The third kappa shape index (κ3) is 2.49. The van der Waals surface area contributed by atoms with Gasteiger partial charge in [0.15, 0.2) is 11.3 Å². The number of carbonyl (C=O) groups excluding carboxylic acids is 2. The van der Waals surface area contributed by atoms with Gasteiger partial charge in [0.05, 0.1) is 18.3 Å². The molecule has 1 unspecified atom stereocenters. The number of hydrogen-bond donors (Lipinski definition) is 1. The molecule has 1 N–H and O–H groups in total. The third-order valence-corrected chi connectivity index (χ3v) is 7.88. The molecule has 6 heteroatoms. The Bertz CT molecular complexity index is 1410. The van der Waals surface area contributed by atoms with Gasteiger partial charge < -0.3 is 14.3 Å². The molecule has 2 fully saturated rings. The molecule has 0 saturated carbocycles. The minimum absolute atomic E-state index is 0.0421. The summed E-state index contributed by atoms with van der Waals surface area (Å²) in [4.78, 5) is 35.3. The Hall–Kier alpha value is -3.64. The van der Waals surface area contributed by atoms with Gasteiger partial charge in [0.2, 0.25) is 5.91 Å². The van der Waals surface area contributed by atoms with Crippen molar-refractivity contribution in [1.82, 2.24) is 14.8 Å². The molecule has 3 aliphatic rings. The van der Waals surface area contributed by atoms with Crippen LogP contribution < -0.4 is 0 Å². The highest BCUT2D eigenvalue weighted by Gasteiger charge is 2.69. The Balaban J connectivity index is 1.30. The van der Waals surface area contributed by atoms with E-state index in [4.69, 9.17) is 4.42 Å². The molecule has 4 aromatic rings. The van der Waals surface area contributed by atoms with E-state index < -0.39 is 11.6 Å². The Labute approximate surface area is 197 Å². The number of amides is 1. The maximum Gasteiger partial charge on any atom is 0.240 e. The summed E-state index contributed by atoms with van der Waals surface area (Å²) in [6.45, 7) is 1.26. The summed E-state index contributed by atoms with van der Waals surface area (Å²) in [5.74, 6) is 0.708. The number of aromatic amines is 1. The zero-order valence-electron chi connectivity index (χ0n) is 18.7. The van der Waals surface area contributed by atoms with Crippen molar-refractivity contribution in [1.29, 1.82) is 0 Å². The van der Waals surface area contributed by atoms with E-state index in [1.807, 2.05) is 47.4 Å². The van der Waals surface area contributed by atoms with E-state index in [0.29, 0.717) is 18.8 Å². The van der Waals surface area contributed by atoms with E-state index in [2.05, 4.69) is 34.1 Å². The first kappa shape index (κ1) is 19.8. The summed E-state index contributed by atoms with van der Waals surface area (Å²) in [6, 6.07) is 21.7. The van der Waals surface area contributed by atoms with E-state index in [1.54, 1.807) is 6.26 Å². The number of para-hydroxylation sites is 1. The van der Waals surface area contributed by atoms with Crippen LogP contribution in [-0.2, 0) is 21.5 Å². The van der Waals surface area contributed by atoms with Gasteiger partial charge in [-0.15, -0.1) is 0 Å². The quantitative estimate of drug-likeness (QED) is 0.494. The van der Waals surface area contributed by atoms with Crippen molar-refractivity contribution in [3.05, 3.63) is 95.6 Å². The molecule has 2 aromatic heterocycles. The van der Waals surface area contributed by atoms with Gasteiger partial charge in [-0.1, -0.05) is 48.5 Å². The molecule has 0 aliphatic carbocycles. The second-order valence-corrected chi connectivity index (χ2v) is 9.59. The Morgan fingerprint density at radius 2 is 1.79 bits per heavy atom. The normalized spacial score (nSPS) is 25.8. The fourth-order valence-electron chi connectivity index (χ4n) is 6.55. The van der Waals surface area contributed by atoms with Crippen molar-refractivity contribution >= 4 is 22.6 Å². The number of rotatable bonds is 5. The number of aromatic nitrogens is 1. The van der Waals surface area contributed by atoms with Crippen LogP contribution in [0.15, 0.2) is 77.4 Å². The number of nitrogens with one attached hydrogen (secondary N) is 1. The number of hydrogen-bond acceptors (Lipinski definition) is 4. The number of furan rings is 1. The van der Waals surface area contributed by atoms with E-state index in [0.717, 1.165) is 35.0 Å². The molecule has 0 spiro atoms. The summed E-state index contributed by atoms with van der Waals surface area (Å²) in [6.07, 6.45) is 3.65. The molecule has 7 rings (SSSR count). The topological polar surface area (TPSA) is 69.5 Å². The lowest BCUT2D eigenvalue weighted by molar-refractivity contribution is -0.146. The second-order valence-electron chi connectivity index (χ2n) is 9.59. The zero-order valence-corrected chi connectivity index (χ0v) is 18.7. The predicted octanol–water partition coefficient (Wildman–Crippen LogP) is 4.18. The number of H-pyrrole nitrogens is 1. The van der Waals surface area contributed by atoms with Crippen LogP contribution in [0.25, 0.3) is 10.9 Å². The summed E-state index contributed by atoms with van der Waals surface area (Å²) < 4.78 is 5.91. The maximum absolute atomic E-state index is 13.9. The van der Waals surface area contributed by atoms with Gasteiger partial charge in [0, 0.05) is 41.7 Å². The lowest BCUT2D eigenvalue weighted by Gasteiger charge is -2.43. The number of piperazine rings is 1. The van der Waals surface area contributed by atoms with E-state index in [1.165, 1.54) is 5.56 Å².